The minimum Gasteiger partial charge on any atom is -0.475 e. The Morgan fingerprint density at radius 2 is 1.68 bits per heavy atom. The average molecular weight is 511 g/mol. The van der Waals surface area contributed by atoms with E-state index in [1.54, 1.807) is 0 Å². The molecule has 192 valence electrons. The Labute approximate surface area is 211 Å². The number of aromatic amines is 1. The van der Waals surface area contributed by atoms with Crippen molar-refractivity contribution in [3.63, 3.8) is 0 Å². The molecule has 0 bridgehead atoms. The highest BCUT2D eigenvalue weighted by Crippen LogP contribution is 2.28. The Balaban J connectivity index is 0.000000479. The van der Waals surface area contributed by atoms with Crippen LogP contribution in [0.25, 0.3) is 11.4 Å². The number of H-pyrrole nitrogens is 1. The van der Waals surface area contributed by atoms with E-state index in [2.05, 4.69) is 46.3 Å². The van der Waals surface area contributed by atoms with Crippen LogP contribution in [-0.2, 0) is 17.8 Å². The molecule has 1 heterocycles. The van der Waals surface area contributed by atoms with Gasteiger partial charge in [0.1, 0.15) is 11.7 Å². The van der Waals surface area contributed by atoms with Crippen molar-refractivity contribution in [1.82, 2.24) is 15.2 Å². The number of hydrogen-bond acceptors (Lipinski definition) is 5. The van der Waals surface area contributed by atoms with Crippen LogP contribution >= 0.6 is 0 Å². The molecular formula is C26H25F3N6O2. The fraction of sp³-hybridized carbons (Fsp3) is 0.154. The summed E-state index contributed by atoms with van der Waals surface area (Å²) in [6.07, 6.45) is -4.12. The number of aliphatic carboxylic acids is 1. The number of benzene rings is 3. The first-order chi connectivity index (χ1) is 17.6. The molecule has 0 unspecified atom stereocenters. The summed E-state index contributed by atoms with van der Waals surface area (Å²) in [5, 5.41) is 22.2. The summed E-state index contributed by atoms with van der Waals surface area (Å²) < 4.78 is 31.7. The smallest absolute Gasteiger partial charge is 0.475 e. The summed E-state index contributed by atoms with van der Waals surface area (Å²) in [5.74, 6) is -1.25. The van der Waals surface area contributed by atoms with E-state index in [1.807, 2.05) is 54.6 Å². The number of nitrogens with two attached hydrogens (primary N) is 1. The van der Waals surface area contributed by atoms with Crippen molar-refractivity contribution >= 4 is 23.2 Å². The average Bonchev–Trinajstić information content (AvgIpc) is 3.36. The third kappa shape index (κ3) is 7.40. The number of nitrogen functional groups attached to an aromatic ring is 1. The molecule has 4 rings (SSSR count). The second-order valence-corrected chi connectivity index (χ2v) is 7.84. The lowest BCUT2D eigenvalue weighted by molar-refractivity contribution is -0.192. The predicted octanol–water partition coefficient (Wildman–Crippen LogP) is 5.29. The van der Waals surface area contributed by atoms with Crippen LogP contribution in [0.5, 0.6) is 0 Å². The summed E-state index contributed by atoms with van der Waals surface area (Å²) in [4.78, 5) is 15.8. The number of aryl methyl sites for hydroxylation is 1. The first-order valence-electron chi connectivity index (χ1n) is 11.2. The van der Waals surface area contributed by atoms with Crippen molar-refractivity contribution in [3.8, 4) is 11.4 Å². The third-order valence-electron chi connectivity index (χ3n) is 5.23. The molecule has 37 heavy (non-hydrogen) atoms. The Bertz CT molecular complexity index is 1340. The highest BCUT2D eigenvalue weighted by molar-refractivity contribution is 5.95. The van der Waals surface area contributed by atoms with Crippen molar-refractivity contribution in [2.75, 3.05) is 4.90 Å². The van der Waals surface area contributed by atoms with Gasteiger partial charge >= 0.3 is 12.1 Å². The number of nitrogens with zero attached hydrogens (tertiary/aromatic N) is 3. The van der Waals surface area contributed by atoms with Gasteiger partial charge in [-0.05, 0) is 48.4 Å². The Kier molecular flexibility index (Phi) is 8.62. The molecule has 0 spiro atoms. The number of carbonyl (C=O) groups is 1. The third-order valence-corrected chi connectivity index (χ3v) is 5.23. The minimum absolute atomic E-state index is 0.0591. The van der Waals surface area contributed by atoms with Crippen LogP contribution in [-0.4, -0.2) is 38.3 Å². The first kappa shape index (κ1) is 26.9. The first-order valence-corrected chi connectivity index (χ1v) is 11.2. The molecule has 0 saturated heterocycles. The quantitative estimate of drug-likeness (QED) is 0.197. The van der Waals surface area contributed by atoms with Crippen molar-refractivity contribution < 1.29 is 23.1 Å². The van der Waals surface area contributed by atoms with E-state index in [1.165, 1.54) is 5.56 Å². The zero-order chi connectivity index (χ0) is 27.0. The molecule has 0 aliphatic heterocycles. The van der Waals surface area contributed by atoms with Crippen molar-refractivity contribution in [2.45, 2.75) is 26.1 Å². The maximum absolute atomic E-state index is 10.6. The van der Waals surface area contributed by atoms with E-state index in [0.29, 0.717) is 17.9 Å². The zero-order valence-electron chi connectivity index (χ0n) is 19.8. The molecule has 3 aromatic carbocycles. The Morgan fingerprint density at radius 1 is 1.03 bits per heavy atom. The normalized spacial score (nSPS) is 10.8. The van der Waals surface area contributed by atoms with Crippen LogP contribution in [0.15, 0.2) is 78.9 Å². The predicted molar refractivity (Wildman–Crippen MR) is 135 cm³/mol. The van der Waals surface area contributed by atoms with Crippen LogP contribution in [0.4, 0.5) is 24.5 Å². The molecule has 4 aromatic rings. The highest BCUT2D eigenvalue weighted by atomic mass is 19.4. The van der Waals surface area contributed by atoms with Gasteiger partial charge in [0.2, 0.25) is 0 Å². The number of anilines is 2. The molecule has 0 amide bonds. The van der Waals surface area contributed by atoms with Gasteiger partial charge in [-0.15, -0.1) is 0 Å². The van der Waals surface area contributed by atoms with Gasteiger partial charge in [-0.1, -0.05) is 49.4 Å². The molecule has 0 radical (unpaired) electrons. The minimum atomic E-state index is -5.08. The molecule has 8 nitrogen and oxygen atoms in total. The summed E-state index contributed by atoms with van der Waals surface area (Å²) >= 11 is 0. The van der Waals surface area contributed by atoms with Crippen LogP contribution in [0.2, 0.25) is 0 Å². The molecule has 0 aliphatic rings. The number of hydrogen-bond donors (Lipinski definition) is 4. The summed E-state index contributed by atoms with van der Waals surface area (Å²) in [5.41, 5.74) is 10.6. The molecule has 0 saturated carbocycles. The standard InChI is InChI=1S/C24H24N6.C2HF3O2/c1-2-17-7-6-10-21(15-17)30(20-13-11-18(12-14-20)23(25)26)16-22-27-24(29-28-22)19-8-4-3-5-9-19;3-2(4,5)1(6)7/h3-15H,2,16H2,1H3,(H3,25,26)(H,27,28,29);(H,6,7). The van der Waals surface area contributed by atoms with Crippen LogP contribution in [0, 0.1) is 5.41 Å². The maximum atomic E-state index is 10.6. The van der Waals surface area contributed by atoms with Gasteiger partial charge in [-0.25, -0.2) is 9.78 Å². The largest absolute Gasteiger partial charge is 0.490 e. The lowest BCUT2D eigenvalue weighted by atomic mass is 10.1. The Morgan fingerprint density at radius 3 is 2.24 bits per heavy atom. The van der Waals surface area contributed by atoms with Crippen LogP contribution < -0.4 is 10.6 Å². The fourth-order valence-corrected chi connectivity index (χ4v) is 3.33. The van der Waals surface area contributed by atoms with Gasteiger partial charge in [0.05, 0.1) is 6.54 Å². The maximum Gasteiger partial charge on any atom is 0.490 e. The zero-order valence-corrected chi connectivity index (χ0v) is 19.8. The molecule has 5 N–H and O–H groups in total. The number of carboxylic acid groups (broad SMARTS) is 1. The number of nitrogens with one attached hydrogen (secondary N) is 2. The van der Waals surface area contributed by atoms with E-state index in [9.17, 15) is 13.2 Å². The number of rotatable bonds is 7. The van der Waals surface area contributed by atoms with Crippen LogP contribution in [0.3, 0.4) is 0 Å². The van der Waals surface area contributed by atoms with Gasteiger partial charge in [0.15, 0.2) is 5.82 Å². The van der Waals surface area contributed by atoms with Gasteiger partial charge in [0.25, 0.3) is 0 Å². The molecule has 0 aliphatic carbocycles. The van der Waals surface area contributed by atoms with E-state index in [-0.39, 0.29) is 5.84 Å². The second-order valence-electron chi connectivity index (χ2n) is 7.84. The number of amidine groups is 1. The summed E-state index contributed by atoms with van der Waals surface area (Å²) in [6.45, 7) is 2.68. The SMILES string of the molecule is CCc1cccc(N(Cc2nc(-c3ccccc3)n[nH]2)c2ccc(C(=N)N)cc2)c1.O=C(O)C(F)(F)F. The van der Waals surface area contributed by atoms with E-state index in [4.69, 9.17) is 26.0 Å². The molecule has 0 fully saturated rings. The van der Waals surface area contributed by atoms with Gasteiger partial charge in [0, 0.05) is 22.5 Å². The monoisotopic (exact) mass is 510 g/mol. The van der Waals surface area contributed by atoms with Crippen molar-refractivity contribution in [2.24, 2.45) is 5.73 Å². The lowest BCUT2D eigenvalue weighted by Gasteiger charge is -2.24. The highest BCUT2D eigenvalue weighted by Gasteiger charge is 2.38. The molecule has 1 aromatic heterocycles. The van der Waals surface area contributed by atoms with Crippen molar-refractivity contribution in [1.29, 1.82) is 5.41 Å². The molecule has 0 atom stereocenters. The molecular weight excluding hydrogens is 485 g/mol. The van der Waals surface area contributed by atoms with Gasteiger partial charge in [-0.3, -0.25) is 10.5 Å². The lowest BCUT2D eigenvalue weighted by Crippen LogP contribution is -2.21. The van der Waals surface area contributed by atoms with E-state index >= 15 is 0 Å². The summed E-state index contributed by atoms with van der Waals surface area (Å²) in [7, 11) is 0. The Hall–Kier alpha value is -4.67. The van der Waals surface area contributed by atoms with Gasteiger partial charge < -0.3 is 15.7 Å². The van der Waals surface area contributed by atoms with E-state index < -0.39 is 12.1 Å². The number of aromatic nitrogens is 3. The number of carboxylic acids is 1. The molecule has 11 heteroatoms. The summed E-state index contributed by atoms with van der Waals surface area (Å²) in [6, 6.07) is 26.1. The second kappa shape index (κ2) is 11.8. The van der Waals surface area contributed by atoms with Crippen molar-refractivity contribution in [3.05, 3.63) is 95.8 Å². The van der Waals surface area contributed by atoms with Gasteiger partial charge in [-0.2, -0.15) is 18.3 Å². The topological polar surface area (TPSA) is 132 Å². The number of alkyl halides is 3. The van der Waals surface area contributed by atoms with Crippen LogP contribution in [0.1, 0.15) is 23.9 Å². The fourth-order valence-electron chi connectivity index (χ4n) is 3.33. The van der Waals surface area contributed by atoms with E-state index in [0.717, 1.165) is 29.2 Å². The number of halogens is 3.